The van der Waals surface area contributed by atoms with Gasteiger partial charge in [0, 0.05) is 24.7 Å². The normalized spacial score (nSPS) is 37.2. The molecular formula is C14H27N3. The summed E-state index contributed by atoms with van der Waals surface area (Å²) in [4.78, 5) is 5.19. The Kier molecular flexibility index (Phi) is 3.69. The van der Waals surface area contributed by atoms with Gasteiger partial charge in [0.2, 0.25) is 0 Å². The summed E-state index contributed by atoms with van der Waals surface area (Å²) in [6, 6.07) is 2.45. The van der Waals surface area contributed by atoms with E-state index in [1.165, 1.54) is 64.7 Å². The first-order chi connectivity index (χ1) is 8.33. The predicted octanol–water partition coefficient (Wildman–Crippen LogP) is 1.30. The van der Waals surface area contributed by atoms with E-state index < -0.39 is 0 Å². The van der Waals surface area contributed by atoms with Crippen molar-refractivity contribution in [1.82, 2.24) is 15.1 Å². The molecule has 0 spiro atoms. The van der Waals surface area contributed by atoms with E-state index >= 15 is 0 Å². The molecule has 0 saturated carbocycles. The van der Waals surface area contributed by atoms with Gasteiger partial charge in [-0.05, 0) is 58.8 Å². The summed E-state index contributed by atoms with van der Waals surface area (Å²) < 4.78 is 0. The van der Waals surface area contributed by atoms with Gasteiger partial charge in [-0.25, -0.2) is 0 Å². The van der Waals surface area contributed by atoms with Crippen LogP contribution in [-0.4, -0.2) is 61.2 Å². The van der Waals surface area contributed by atoms with Crippen molar-refractivity contribution in [2.75, 3.05) is 33.2 Å². The number of nitrogens with zero attached hydrogens (tertiary/aromatic N) is 2. The number of hydrogen-bond acceptors (Lipinski definition) is 3. The summed E-state index contributed by atoms with van der Waals surface area (Å²) in [6.45, 7) is 5.25. The molecule has 3 fully saturated rings. The molecule has 98 valence electrons. The molecule has 0 bridgehead atoms. The van der Waals surface area contributed by atoms with Crippen molar-refractivity contribution in [2.24, 2.45) is 0 Å². The van der Waals surface area contributed by atoms with E-state index in [1.54, 1.807) is 0 Å². The maximum atomic E-state index is 3.97. The molecule has 0 aromatic carbocycles. The van der Waals surface area contributed by atoms with Crippen molar-refractivity contribution in [3.05, 3.63) is 0 Å². The fraction of sp³-hybridized carbons (Fsp3) is 1.00. The lowest BCUT2D eigenvalue weighted by atomic mass is 9.96. The summed E-state index contributed by atoms with van der Waals surface area (Å²) in [7, 11) is 2.24. The average Bonchev–Trinajstić information content (AvgIpc) is 2.76. The van der Waals surface area contributed by atoms with Crippen molar-refractivity contribution < 1.29 is 0 Å². The smallest absolute Gasteiger partial charge is 0.0249 e. The van der Waals surface area contributed by atoms with Crippen LogP contribution in [0.1, 0.15) is 38.5 Å². The Labute approximate surface area is 106 Å². The summed E-state index contributed by atoms with van der Waals surface area (Å²) in [5, 5.41) is 3.97. The predicted molar refractivity (Wildman–Crippen MR) is 71.3 cm³/mol. The summed E-state index contributed by atoms with van der Waals surface area (Å²) >= 11 is 0. The second-order valence-electron chi connectivity index (χ2n) is 6.24. The minimum Gasteiger partial charge on any atom is -0.310 e. The summed E-state index contributed by atoms with van der Waals surface area (Å²) in [6.07, 6.45) is 8.39. The van der Waals surface area contributed by atoms with Gasteiger partial charge < -0.3 is 10.2 Å². The van der Waals surface area contributed by atoms with E-state index in [9.17, 15) is 0 Å². The first-order valence-corrected chi connectivity index (χ1v) is 7.51. The summed E-state index contributed by atoms with van der Waals surface area (Å²) in [5.41, 5.74) is 0. The Morgan fingerprint density at radius 3 is 2.53 bits per heavy atom. The van der Waals surface area contributed by atoms with Crippen LogP contribution >= 0.6 is 0 Å². The van der Waals surface area contributed by atoms with Gasteiger partial charge in [-0.15, -0.1) is 0 Å². The van der Waals surface area contributed by atoms with E-state index in [2.05, 4.69) is 22.2 Å². The van der Waals surface area contributed by atoms with Crippen LogP contribution in [0, 0.1) is 0 Å². The van der Waals surface area contributed by atoms with Crippen LogP contribution in [0.15, 0.2) is 0 Å². The van der Waals surface area contributed by atoms with Crippen LogP contribution in [0.3, 0.4) is 0 Å². The zero-order chi connectivity index (χ0) is 11.7. The molecule has 2 unspecified atom stereocenters. The molecule has 3 nitrogen and oxygen atoms in total. The quantitative estimate of drug-likeness (QED) is 0.781. The van der Waals surface area contributed by atoms with Gasteiger partial charge in [-0.2, -0.15) is 0 Å². The van der Waals surface area contributed by atoms with Crippen LogP contribution in [0.2, 0.25) is 0 Å². The zero-order valence-electron chi connectivity index (χ0n) is 11.2. The lowest BCUT2D eigenvalue weighted by Gasteiger charge is -2.36. The monoisotopic (exact) mass is 237 g/mol. The van der Waals surface area contributed by atoms with Gasteiger partial charge in [0.25, 0.3) is 0 Å². The number of piperidine rings is 2. The van der Waals surface area contributed by atoms with Gasteiger partial charge in [-0.3, -0.25) is 4.90 Å². The highest BCUT2D eigenvalue weighted by Crippen LogP contribution is 2.28. The molecule has 3 rings (SSSR count). The minimum absolute atomic E-state index is 0.790. The van der Waals surface area contributed by atoms with E-state index in [-0.39, 0.29) is 0 Å². The standard InChI is InChI=1S/C14H27N3/c1-16-9-5-12(6-10-16)15-13-7-11-17-8-3-2-4-14(13)17/h12-15H,2-11H2,1H3. The highest BCUT2D eigenvalue weighted by Gasteiger charge is 2.36. The highest BCUT2D eigenvalue weighted by molar-refractivity contribution is 4.95. The van der Waals surface area contributed by atoms with Gasteiger partial charge in [0.15, 0.2) is 0 Å². The van der Waals surface area contributed by atoms with Gasteiger partial charge in [-0.1, -0.05) is 6.42 Å². The Morgan fingerprint density at radius 1 is 0.882 bits per heavy atom. The molecular weight excluding hydrogens is 210 g/mol. The number of likely N-dealkylation sites (tertiary alicyclic amines) is 1. The van der Waals surface area contributed by atoms with E-state index in [0.29, 0.717) is 0 Å². The molecule has 0 radical (unpaired) electrons. The molecule has 3 aliphatic heterocycles. The number of rotatable bonds is 2. The van der Waals surface area contributed by atoms with E-state index in [4.69, 9.17) is 0 Å². The third-order valence-electron chi connectivity index (χ3n) is 5.02. The number of hydrogen-bond donors (Lipinski definition) is 1. The van der Waals surface area contributed by atoms with Gasteiger partial charge in [0.1, 0.15) is 0 Å². The van der Waals surface area contributed by atoms with Crippen LogP contribution in [0.4, 0.5) is 0 Å². The molecule has 3 saturated heterocycles. The molecule has 0 aromatic rings. The van der Waals surface area contributed by atoms with Crippen molar-refractivity contribution in [1.29, 1.82) is 0 Å². The fourth-order valence-corrected chi connectivity index (χ4v) is 3.92. The van der Waals surface area contributed by atoms with Crippen molar-refractivity contribution in [2.45, 2.75) is 56.7 Å². The molecule has 1 N–H and O–H groups in total. The van der Waals surface area contributed by atoms with Crippen LogP contribution in [-0.2, 0) is 0 Å². The van der Waals surface area contributed by atoms with Crippen molar-refractivity contribution in [3.8, 4) is 0 Å². The second kappa shape index (κ2) is 5.25. The largest absolute Gasteiger partial charge is 0.310 e. The zero-order valence-corrected chi connectivity index (χ0v) is 11.2. The van der Waals surface area contributed by atoms with E-state index in [1.807, 2.05) is 0 Å². The maximum absolute atomic E-state index is 3.97. The average molecular weight is 237 g/mol. The van der Waals surface area contributed by atoms with Crippen LogP contribution in [0.25, 0.3) is 0 Å². The van der Waals surface area contributed by atoms with Gasteiger partial charge in [0.05, 0.1) is 0 Å². The molecule has 0 aliphatic carbocycles. The van der Waals surface area contributed by atoms with Crippen molar-refractivity contribution >= 4 is 0 Å². The van der Waals surface area contributed by atoms with E-state index in [0.717, 1.165) is 18.1 Å². The Bertz CT molecular complexity index is 248. The summed E-state index contributed by atoms with van der Waals surface area (Å²) in [5.74, 6) is 0. The topological polar surface area (TPSA) is 18.5 Å². The molecule has 0 aromatic heterocycles. The lowest BCUT2D eigenvalue weighted by molar-refractivity contribution is 0.164. The highest BCUT2D eigenvalue weighted by atomic mass is 15.2. The molecule has 3 heterocycles. The first-order valence-electron chi connectivity index (χ1n) is 7.51. The van der Waals surface area contributed by atoms with Crippen LogP contribution in [0.5, 0.6) is 0 Å². The third-order valence-corrected chi connectivity index (χ3v) is 5.02. The lowest BCUT2D eigenvalue weighted by Crippen LogP contribution is -2.50. The molecule has 0 amide bonds. The second-order valence-corrected chi connectivity index (χ2v) is 6.24. The molecule has 17 heavy (non-hydrogen) atoms. The Balaban J connectivity index is 1.51. The SMILES string of the molecule is CN1CCC(NC2CCN3CCCCC23)CC1. The number of fused-ring (bicyclic) bond motifs is 1. The minimum atomic E-state index is 0.790. The Morgan fingerprint density at radius 2 is 1.71 bits per heavy atom. The maximum Gasteiger partial charge on any atom is 0.0249 e. The molecule has 3 heteroatoms. The first kappa shape index (κ1) is 11.9. The third kappa shape index (κ3) is 2.67. The van der Waals surface area contributed by atoms with Crippen LogP contribution < -0.4 is 5.32 Å². The Hall–Kier alpha value is -0.120. The number of nitrogens with one attached hydrogen (secondary N) is 1. The molecule has 2 atom stereocenters. The van der Waals surface area contributed by atoms with Gasteiger partial charge >= 0.3 is 0 Å². The molecule has 3 aliphatic rings. The fourth-order valence-electron chi connectivity index (χ4n) is 3.92. The van der Waals surface area contributed by atoms with Crippen molar-refractivity contribution in [3.63, 3.8) is 0 Å².